The second-order valence-corrected chi connectivity index (χ2v) is 2.45. The maximum atomic E-state index is 5.55. The van der Waals surface area contributed by atoms with Crippen LogP contribution in [0.1, 0.15) is 5.56 Å². The summed E-state index contributed by atoms with van der Waals surface area (Å²) < 4.78 is 0. The van der Waals surface area contributed by atoms with Crippen LogP contribution in [0.15, 0.2) is 18.3 Å². The molecule has 1 N–H and O–H groups in total. The van der Waals surface area contributed by atoms with Crippen molar-refractivity contribution in [2.24, 2.45) is 0 Å². The third kappa shape index (κ3) is 2.14. The quantitative estimate of drug-likeness (QED) is 0.551. The third-order valence-electron chi connectivity index (χ3n) is 1.06. The molecule has 0 bridgehead atoms. The molecule has 1 aromatic rings. The van der Waals surface area contributed by atoms with Crippen molar-refractivity contribution in [2.45, 2.75) is 6.54 Å². The predicted octanol–water partition coefficient (Wildman–Crippen LogP) is 1.98. The number of nitrogens with one attached hydrogen (secondary N) is 1. The molecule has 1 aromatic heterocycles. The molecule has 0 saturated carbocycles. The summed E-state index contributed by atoms with van der Waals surface area (Å²) in [6.07, 6.45) is 1.68. The smallest absolute Gasteiger partial charge is 0.129 e. The van der Waals surface area contributed by atoms with Gasteiger partial charge in [-0.1, -0.05) is 17.7 Å². The summed E-state index contributed by atoms with van der Waals surface area (Å²) in [5.74, 6) is 0. The van der Waals surface area contributed by atoms with Crippen LogP contribution in [0.25, 0.3) is 0 Å². The Labute approximate surface area is 69.3 Å². The maximum Gasteiger partial charge on any atom is 0.129 e. The Morgan fingerprint density at radius 3 is 2.80 bits per heavy atom. The van der Waals surface area contributed by atoms with Crippen molar-refractivity contribution in [3.8, 4) is 0 Å². The van der Waals surface area contributed by atoms with Crippen molar-refractivity contribution in [3.05, 3.63) is 29.0 Å². The predicted molar refractivity (Wildman–Crippen MR) is 41.9 cm³/mol. The van der Waals surface area contributed by atoms with E-state index in [0.717, 1.165) is 5.56 Å². The second kappa shape index (κ2) is 3.76. The van der Waals surface area contributed by atoms with Gasteiger partial charge in [-0.3, -0.25) is 0 Å². The van der Waals surface area contributed by atoms with Gasteiger partial charge in [-0.05, 0) is 23.4 Å². The van der Waals surface area contributed by atoms with E-state index in [1.807, 2.05) is 6.07 Å². The molecule has 0 radical (unpaired) electrons. The first-order valence-corrected chi connectivity index (χ1v) is 3.52. The van der Waals surface area contributed by atoms with Gasteiger partial charge in [0.15, 0.2) is 0 Å². The SMILES string of the molecule is ClNCc1ccc(Cl)nc1. The van der Waals surface area contributed by atoms with Gasteiger partial charge in [0, 0.05) is 12.7 Å². The van der Waals surface area contributed by atoms with Crippen LogP contribution in [-0.4, -0.2) is 4.98 Å². The van der Waals surface area contributed by atoms with Crippen molar-refractivity contribution < 1.29 is 0 Å². The average Bonchev–Trinajstić information content (AvgIpc) is 1.95. The van der Waals surface area contributed by atoms with Gasteiger partial charge in [-0.2, -0.15) is 0 Å². The average molecular weight is 177 g/mol. The Morgan fingerprint density at radius 1 is 1.50 bits per heavy atom. The number of aromatic nitrogens is 1. The molecule has 2 nitrogen and oxygen atoms in total. The third-order valence-corrected chi connectivity index (χ3v) is 1.42. The highest BCUT2D eigenvalue weighted by Gasteiger charge is 1.90. The highest BCUT2D eigenvalue weighted by molar-refractivity contribution is 6.29. The lowest BCUT2D eigenvalue weighted by molar-refractivity contribution is 0.952. The second-order valence-electron chi connectivity index (χ2n) is 1.80. The molecule has 0 aliphatic heterocycles. The Bertz CT molecular complexity index is 197. The molecule has 4 heteroatoms. The monoisotopic (exact) mass is 176 g/mol. The zero-order valence-electron chi connectivity index (χ0n) is 5.14. The lowest BCUT2D eigenvalue weighted by Crippen LogP contribution is -1.97. The number of hydrogen-bond donors (Lipinski definition) is 1. The number of nitrogens with zero attached hydrogens (tertiary/aromatic N) is 1. The van der Waals surface area contributed by atoms with Crippen molar-refractivity contribution >= 4 is 23.4 Å². The summed E-state index contributed by atoms with van der Waals surface area (Å²) in [7, 11) is 0. The lowest BCUT2D eigenvalue weighted by atomic mass is 10.3. The zero-order valence-corrected chi connectivity index (χ0v) is 6.65. The highest BCUT2D eigenvalue weighted by atomic mass is 35.5. The van der Waals surface area contributed by atoms with E-state index in [0.29, 0.717) is 11.7 Å². The molecule has 0 aliphatic rings. The van der Waals surface area contributed by atoms with E-state index in [4.69, 9.17) is 23.4 Å². The first-order valence-electron chi connectivity index (χ1n) is 2.77. The Morgan fingerprint density at radius 2 is 2.30 bits per heavy atom. The summed E-state index contributed by atoms with van der Waals surface area (Å²) in [5.41, 5.74) is 1.01. The van der Waals surface area contributed by atoms with Gasteiger partial charge in [0.1, 0.15) is 5.15 Å². The fourth-order valence-corrected chi connectivity index (χ4v) is 0.854. The minimum absolute atomic E-state index is 0.498. The minimum Gasteiger partial charge on any atom is -0.244 e. The number of hydrogen-bond acceptors (Lipinski definition) is 2. The summed E-state index contributed by atoms with van der Waals surface area (Å²) >= 11 is 10.8. The number of halogens is 2. The van der Waals surface area contributed by atoms with Gasteiger partial charge in [0.2, 0.25) is 0 Å². The van der Waals surface area contributed by atoms with E-state index >= 15 is 0 Å². The minimum atomic E-state index is 0.498. The van der Waals surface area contributed by atoms with E-state index in [-0.39, 0.29) is 0 Å². The van der Waals surface area contributed by atoms with Gasteiger partial charge in [-0.25, -0.2) is 9.82 Å². The molecular weight excluding hydrogens is 171 g/mol. The first kappa shape index (κ1) is 7.79. The fraction of sp³-hybridized carbons (Fsp3) is 0.167. The molecule has 54 valence electrons. The van der Waals surface area contributed by atoms with Crippen LogP contribution in [-0.2, 0) is 6.54 Å². The van der Waals surface area contributed by atoms with E-state index in [9.17, 15) is 0 Å². The van der Waals surface area contributed by atoms with Gasteiger partial charge in [-0.15, -0.1) is 0 Å². The van der Waals surface area contributed by atoms with Crippen LogP contribution in [0.5, 0.6) is 0 Å². The molecule has 0 aromatic carbocycles. The van der Waals surface area contributed by atoms with Crippen molar-refractivity contribution in [1.29, 1.82) is 0 Å². The van der Waals surface area contributed by atoms with Crippen molar-refractivity contribution in [2.75, 3.05) is 0 Å². The van der Waals surface area contributed by atoms with Crippen molar-refractivity contribution in [3.63, 3.8) is 0 Å². The number of pyridine rings is 1. The molecule has 10 heavy (non-hydrogen) atoms. The normalized spacial score (nSPS) is 9.80. The number of rotatable bonds is 2. The Balaban J connectivity index is 2.69. The molecule has 1 rings (SSSR count). The molecule has 0 amide bonds. The van der Waals surface area contributed by atoms with E-state index in [2.05, 4.69) is 9.82 Å². The zero-order chi connectivity index (χ0) is 7.40. The van der Waals surface area contributed by atoms with Crippen LogP contribution < -0.4 is 4.84 Å². The van der Waals surface area contributed by atoms with Crippen LogP contribution in [0.3, 0.4) is 0 Å². The molecule has 0 atom stereocenters. The summed E-state index contributed by atoms with van der Waals surface area (Å²) in [5, 5.41) is 0.498. The molecule has 1 heterocycles. The van der Waals surface area contributed by atoms with E-state index in [1.165, 1.54) is 0 Å². The molecular formula is C6H6Cl2N2. The maximum absolute atomic E-state index is 5.55. The summed E-state index contributed by atoms with van der Waals surface area (Å²) in [6, 6.07) is 3.59. The molecule has 0 spiro atoms. The van der Waals surface area contributed by atoms with Gasteiger partial charge < -0.3 is 0 Å². The Hall–Kier alpha value is -0.310. The molecule has 0 saturated heterocycles. The van der Waals surface area contributed by atoms with Crippen molar-refractivity contribution in [1.82, 2.24) is 9.82 Å². The topological polar surface area (TPSA) is 24.9 Å². The Kier molecular flexibility index (Phi) is 2.93. The molecule has 0 unspecified atom stereocenters. The standard InChI is InChI=1S/C6H6Cl2N2/c7-6-2-1-5(3-9-6)4-10-8/h1-3,10H,4H2. The largest absolute Gasteiger partial charge is 0.244 e. The lowest BCUT2D eigenvalue weighted by Gasteiger charge is -1.95. The fourth-order valence-electron chi connectivity index (χ4n) is 0.588. The first-order chi connectivity index (χ1) is 4.83. The highest BCUT2D eigenvalue weighted by Crippen LogP contribution is 2.04. The van der Waals surface area contributed by atoms with E-state index < -0.39 is 0 Å². The van der Waals surface area contributed by atoms with Gasteiger partial charge >= 0.3 is 0 Å². The van der Waals surface area contributed by atoms with Crippen LogP contribution >= 0.6 is 23.4 Å². The van der Waals surface area contributed by atoms with Gasteiger partial charge in [0.05, 0.1) is 0 Å². The van der Waals surface area contributed by atoms with Crippen LogP contribution in [0.2, 0.25) is 5.15 Å². The van der Waals surface area contributed by atoms with Gasteiger partial charge in [0.25, 0.3) is 0 Å². The van der Waals surface area contributed by atoms with Crippen LogP contribution in [0, 0.1) is 0 Å². The summed E-state index contributed by atoms with van der Waals surface area (Å²) in [4.78, 5) is 6.36. The van der Waals surface area contributed by atoms with E-state index in [1.54, 1.807) is 12.3 Å². The molecule has 0 aliphatic carbocycles. The molecule has 0 fully saturated rings. The van der Waals surface area contributed by atoms with Crippen LogP contribution in [0.4, 0.5) is 0 Å². The summed E-state index contributed by atoms with van der Waals surface area (Å²) in [6.45, 7) is 0.603.